The molecule has 0 radical (unpaired) electrons. The molecule has 1 aromatic heterocycles. The molecule has 98 valence electrons. The molecule has 2 heterocycles. The Morgan fingerprint density at radius 2 is 1.89 bits per heavy atom. The van der Waals surface area contributed by atoms with Gasteiger partial charge >= 0.3 is 0 Å². The van der Waals surface area contributed by atoms with Gasteiger partial charge in [0.05, 0.1) is 5.69 Å². The van der Waals surface area contributed by atoms with Crippen LogP contribution in [0.15, 0.2) is 4.79 Å². The molecule has 0 spiro atoms. The molecule has 1 aliphatic heterocycles. The summed E-state index contributed by atoms with van der Waals surface area (Å²) in [5.41, 5.74) is 1.97. The van der Waals surface area contributed by atoms with Crippen LogP contribution in [0, 0.1) is 0 Å². The lowest BCUT2D eigenvalue weighted by Gasteiger charge is -2.19. The Kier molecular flexibility index (Phi) is 3.46. The predicted octanol–water partition coefficient (Wildman–Crippen LogP) is 1.85. The lowest BCUT2D eigenvalue weighted by atomic mass is 9.98. The number of nitrogens with zero attached hydrogens (tertiary/aromatic N) is 1. The lowest BCUT2D eigenvalue weighted by molar-refractivity contribution is 0.540. The van der Waals surface area contributed by atoms with Crippen molar-refractivity contribution in [1.82, 2.24) is 15.3 Å². The van der Waals surface area contributed by atoms with Crippen LogP contribution in [0.4, 0.5) is 0 Å². The standard InChI is InChI=1S/C14H21N3O/c18-14-11-7-8-15-9-12(11)16-13(17-14)10-5-3-1-2-4-6-10/h10,15H,1-9H2,(H,16,17,18). The van der Waals surface area contributed by atoms with E-state index in [1.54, 1.807) is 0 Å². The molecule has 0 bridgehead atoms. The minimum atomic E-state index is 0.0979. The number of rotatable bonds is 1. The van der Waals surface area contributed by atoms with Crippen molar-refractivity contribution in [3.05, 3.63) is 27.4 Å². The van der Waals surface area contributed by atoms with Crippen molar-refractivity contribution in [2.45, 2.75) is 57.4 Å². The Balaban J connectivity index is 1.92. The van der Waals surface area contributed by atoms with Crippen LogP contribution in [0.3, 0.4) is 0 Å². The Hall–Kier alpha value is -1.16. The summed E-state index contributed by atoms with van der Waals surface area (Å²) in [4.78, 5) is 19.8. The van der Waals surface area contributed by atoms with Crippen LogP contribution in [-0.2, 0) is 13.0 Å². The van der Waals surface area contributed by atoms with E-state index >= 15 is 0 Å². The maximum Gasteiger partial charge on any atom is 0.254 e. The van der Waals surface area contributed by atoms with Crippen molar-refractivity contribution in [1.29, 1.82) is 0 Å². The van der Waals surface area contributed by atoms with E-state index in [1.807, 2.05) is 0 Å². The van der Waals surface area contributed by atoms with E-state index in [0.717, 1.165) is 36.6 Å². The van der Waals surface area contributed by atoms with Gasteiger partial charge in [0.1, 0.15) is 5.82 Å². The summed E-state index contributed by atoms with van der Waals surface area (Å²) in [6.45, 7) is 1.64. The van der Waals surface area contributed by atoms with Crippen LogP contribution in [0.2, 0.25) is 0 Å². The molecule has 0 saturated heterocycles. The number of aromatic amines is 1. The van der Waals surface area contributed by atoms with Gasteiger partial charge in [-0.25, -0.2) is 4.98 Å². The molecule has 2 aliphatic rings. The minimum absolute atomic E-state index is 0.0979. The summed E-state index contributed by atoms with van der Waals surface area (Å²) in [5.74, 6) is 1.40. The van der Waals surface area contributed by atoms with Crippen LogP contribution in [0.1, 0.15) is 61.5 Å². The van der Waals surface area contributed by atoms with Gasteiger partial charge in [-0.3, -0.25) is 4.79 Å². The van der Waals surface area contributed by atoms with Crippen LogP contribution >= 0.6 is 0 Å². The van der Waals surface area contributed by atoms with Crippen LogP contribution < -0.4 is 10.9 Å². The van der Waals surface area contributed by atoms with Gasteiger partial charge in [-0.1, -0.05) is 25.7 Å². The number of nitrogens with one attached hydrogen (secondary N) is 2. The average Bonchev–Trinajstić information content (AvgIpc) is 2.67. The summed E-state index contributed by atoms with van der Waals surface area (Å²) in [6.07, 6.45) is 8.35. The SMILES string of the molecule is O=c1[nH]c(C2CCCCCC2)nc2c1CCNC2. The highest BCUT2D eigenvalue weighted by atomic mass is 16.1. The number of H-pyrrole nitrogens is 1. The van der Waals surface area contributed by atoms with Gasteiger partial charge in [-0.05, 0) is 25.8 Å². The van der Waals surface area contributed by atoms with E-state index in [9.17, 15) is 4.79 Å². The average molecular weight is 247 g/mol. The topological polar surface area (TPSA) is 57.8 Å². The third-order valence-corrected chi connectivity index (χ3v) is 4.21. The molecular formula is C14H21N3O. The molecule has 0 unspecified atom stereocenters. The highest BCUT2D eigenvalue weighted by Crippen LogP contribution is 2.29. The first-order valence-electron chi connectivity index (χ1n) is 7.17. The van der Waals surface area contributed by atoms with Crippen molar-refractivity contribution < 1.29 is 0 Å². The second-order valence-electron chi connectivity index (χ2n) is 5.49. The lowest BCUT2D eigenvalue weighted by Crippen LogP contribution is -2.32. The highest BCUT2D eigenvalue weighted by molar-refractivity contribution is 5.21. The first-order valence-corrected chi connectivity index (χ1v) is 7.17. The van der Waals surface area contributed by atoms with Crippen molar-refractivity contribution in [3.8, 4) is 0 Å². The monoisotopic (exact) mass is 247 g/mol. The molecule has 0 amide bonds. The van der Waals surface area contributed by atoms with E-state index in [2.05, 4.69) is 10.3 Å². The third-order valence-electron chi connectivity index (χ3n) is 4.21. The molecule has 1 aliphatic carbocycles. The Morgan fingerprint density at radius 3 is 2.67 bits per heavy atom. The number of fused-ring (bicyclic) bond motifs is 1. The quantitative estimate of drug-likeness (QED) is 0.745. The van der Waals surface area contributed by atoms with Gasteiger partial charge in [0.2, 0.25) is 0 Å². The minimum Gasteiger partial charge on any atom is -0.311 e. The second-order valence-corrected chi connectivity index (χ2v) is 5.49. The predicted molar refractivity (Wildman–Crippen MR) is 70.7 cm³/mol. The Morgan fingerprint density at radius 1 is 1.11 bits per heavy atom. The van der Waals surface area contributed by atoms with E-state index in [4.69, 9.17) is 4.98 Å². The van der Waals surface area contributed by atoms with E-state index in [0.29, 0.717) is 5.92 Å². The number of aromatic nitrogens is 2. The van der Waals surface area contributed by atoms with Crippen molar-refractivity contribution >= 4 is 0 Å². The first-order chi connectivity index (χ1) is 8.84. The molecule has 18 heavy (non-hydrogen) atoms. The van der Waals surface area contributed by atoms with Gasteiger partial charge in [0.15, 0.2) is 0 Å². The molecule has 1 aromatic rings. The zero-order valence-corrected chi connectivity index (χ0v) is 10.8. The molecule has 3 rings (SSSR count). The molecular weight excluding hydrogens is 226 g/mol. The Labute approximate surface area is 107 Å². The maximum atomic E-state index is 12.1. The second kappa shape index (κ2) is 5.22. The smallest absolute Gasteiger partial charge is 0.254 e. The Bertz CT molecular complexity index is 472. The third kappa shape index (κ3) is 2.34. The fourth-order valence-corrected chi connectivity index (χ4v) is 3.13. The molecule has 4 nitrogen and oxygen atoms in total. The maximum absolute atomic E-state index is 12.1. The molecule has 2 N–H and O–H groups in total. The number of hydrogen-bond donors (Lipinski definition) is 2. The molecule has 1 fully saturated rings. The van der Waals surface area contributed by atoms with Gasteiger partial charge < -0.3 is 10.3 Å². The highest BCUT2D eigenvalue weighted by Gasteiger charge is 2.20. The molecule has 4 heteroatoms. The largest absolute Gasteiger partial charge is 0.311 e. The normalized spacial score (nSPS) is 21.3. The van der Waals surface area contributed by atoms with Crippen LogP contribution in [-0.4, -0.2) is 16.5 Å². The molecule has 0 atom stereocenters. The molecule has 0 aromatic carbocycles. The van der Waals surface area contributed by atoms with Gasteiger partial charge in [-0.2, -0.15) is 0 Å². The van der Waals surface area contributed by atoms with E-state index in [1.165, 1.54) is 38.5 Å². The van der Waals surface area contributed by atoms with E-state index < -0.39 is 0 Å². The number of hydrogen-bond acceptors (Lipinski definition) is 3. The zero-order chi connectivity index (χ0) is 12.4. The van der Waals surface area contributed by atoms with Gasteiger partial charge in [0.25, 0.3) is 5.56 Å². The van der Waals surface area contributed by atoms with E-state index in [-0.39, 0.29) is 5.56 Å². The summed E-state index contributed by atoms with van der Waals surface area (Å²) < 4.78 is 0. The van der Waals surface area contributed by atoms with Crippen molar-refractivity contribution in [2.75, 3.05) is 6.54 Å². The zero-order valence-electron chi connectivity index (χ0n) is 10.8. The van der Waals surface area contributed by atoms with Crippen molar-refractivity contribution in [2.24, 2.45) is 0 Å². The summed E-state index contributed by atoms with van der Waals surface area (Å²) in [6, 6.07) is 0. The molecule has 1 saturated carbocycles. The fraction of sp³-hybridized carbons (Fsp3) is 0.714. The summed E-state index contributed by atoms with van der Waals surface area (Å²) in [5, 5.41) is 3.30. The van der Waals surface area contributed by atoms with Crippen molar-refractivity contribution in [3.63, 3.8) is 0 Å². The van der Waals surface area contributed by atoms with Gasteiger partial charge in [-0.15, -0.1) is 0 Å². The van der Waals surface area contributed by atoms with Gasteiger partial charge in [0, 0.05) is 18.0 Å². The van der Waals surface area contributed by atoms with Crippen LogP contribution in [0.25, 0.3) is 0 Å². The summed E-state index contributed by atoms with van der Waals surface area (Å²) >= 11 is 0. The first kappa shape index (κ1) is 11.9. The fourth-order valence-electron chi connectivity index (χ4n) is 3.13. The summed E-state index contributed by atoms with van der Waals surface area (Å²) in [7, 11) is 0. The van der Waals surface area contributed by atoms with Crippen LogP contribution in [0.5, 0.6) is 0 Å².